The van der Waals surface area contributed by atoms with Crippen LogP contribution in [0, 0.1) is 0 Å². The van der Waals surface area contributed by atoms with Crippen molar-refractivity contribution in [3.8, 4) is 17.2 Å². The molecular weight excluding hydrogens is 364 g/mol. The molecule has 0 bridgehead atoms. The Morgan fingerprint density at radius 1 is 0.690 bits per heavy atom. The van der Waals surface area contributed by atoms with Gasteiger partial charge < -0.3 is 14.2 Å². The van der Waals surface area contributed by atoms with Crippen molar-refractivity contribution in [2.45, 2.75) is 38.5 Å². The van der Waals surface area contributed by atoms with Crippen LogP contribution in [0.3, 0.4) is 0 Å². The monoisotopic (exact) mass is 394 g/mol. The molecule has 0 heterocycles. The van der Waals surface area contributed by atoms with Crippen LogP contribution in [-0.4, -0.2) is 19.2 Å². The molecule has 154 valence electrons. The van der Waals surface area contributed by atoms with Crippen molar-refractivity contribution >= 4 is 5.97 Å². The molecule has 0 spiro atoms. The minimum absolute atomic E-state index is 0.402. The van der Waals surface area contributed by atoms with Crippen LogP contribution in [0.1, 0.15) is 48.9 Å². The molecule has 0 fully saturated rings. The third-order valence-corrected chi connectivity index (χ3v) is 4.27. The maximum Gasteiger partial charge on any atom is 0.343 e. The van der Waals surface area contributed by atoms with Gasteiger partial charge in [-0.05, 0) is 87.1 Å². The minimum atomic E-state index is -0.402. The summed E-state index contributed by atoms with van der Waals surface area (Å²) in [7, 11) is 0. The summed E-state index contributed by atoms with van der Waals surface area (Å²) in [4.78, 5) is 12.3. The Morgan fingerprint density at radius 2 is 1.14 bits per heavy atom. The predicted molar refractivity (Wildman–Crippen MR) is 117 cm³/mol. The highest BCUT2D eigenvalue weighted by Gasteiger charge is 2.09. The molecule has 0 unspecified atom stereocenters. The number of rotatable bonds is 14. The summed E-state index contributed by atoms with van der Waals surface area (Å²) in [5.41, 5.74) is 0.478. The van der Waals surface area contributed by atoms with Gasteiger partial charge in [0.25, 0.3) is 0 Å². The van der Waals surface area contributed by atoms with Crippen LogP contribution in [-0.2, 0) is 0 Å². The fourth-order valence-corrected chi connectivity index (χ4v) is 2.62. The fraction of sp³-hybridized carbons (Fsp3) is 0.320. The predicted octanol–water partition coefficient (Wildman–Crippen LogP) is 6.38. The number of ether oxygens (including phenoxy) is 3. The molecule has 0 atom stereocenters. The second-order valence-corrected chi connectivity index (χ2v) is 6.65. The highest BCUT2D eigenvalue weighted by molar-refractivity contribution is 5.91. The summed E-state index contributed by atoms with van der Waals surface area (Å²) in [6.07, 6.45) is 9.91. The molecule has 0 aliphatic heterocycles. The molecule has 2 aromatic rings. The summed E-state index contributed by atoms with van der Waals surface area (Å²) in [6, 6.07) is 14.1. The number of hydrogen-bond donors (Lipinski definition) is 0. The van der Waals surface area contributed by atoms with Crippen LogP contribution in [0.15, 0.2) is 73.8 Å². The lowest BCUT2D eigenvalue weighted by atomic mass is 10.2. The highest BCUT2D eigenvalue weighted by atomic mass is 16.5. The first-order valence-electron chi connectivity index (χ1n) is 10.1. The Balaban J connectivity index is 1.76. The molecule has 0 aliphatic rings. The van der Waals surface area contributed by atoms with E-state index in [2.05, 4.69) is 13.2 Å². The van der Waals surface area contributed by atoms with Gasteiger partial charge in [-0.25, -0.2) is 4.79 Å². The zero-order chi connectivity index (χ0) is 20.7. The van der Waals surface area contributed by atoms with Gasteiger partial charge in [0.15, 0.2) is 0 Å². The zero-order valence-corrected chi connectivity index (χ0v) is 17.0. The van der Waals surface area contributed by atoms with E-state index in [1.165, 1.54) is 0 Å². The van der Waals surface area contributed by atoms with E-state index in [9.17, 15) is 4.79 Å². The lowest BCUT2D eigenvalue weighted by Crippen LogP contribution is -2.08. The third-order valence-electron chi connectivity index (χ3n) is 4.27. The SMILES string of the molecule is C=CCCCCOc1ccc(OC(=O)c2ccc(OCCCCC=C)cc2)cc1. The molecule has 0 saturated heterocycles. The van der Waals surface area contributed by atoms with Crippen molar-refractivity contribution in [2.75, 3.05) is 13.2 Å². The molecular formula is C25H30O4. The molecule has 2 aromatic carbocycles. The average molecular weight is 395 g/mol. The Hall–Kier alpha value is -3.01. The molecule has 0 N–H and O–H groups in total. The molecule has 0 saturated carbocycles. The summed E-state index contributed by atoms with van der Waals surface area (Å²) in [5.74, 6) is 1.59. The Bertz CT molecular complexity index is 747. The second-order valence-electron chi connectivity index (χ2n) is 6.65. The van der Waals surface area contributed by atoms with E-state index < -0.39 is 5.97 Å². The number of unbranched alkanes of at least 4 members (excludes halogenated alkanes) is 4. The molecule has 0 radical (unpaired) electrons. The molecule has 0 aromatic heterocycles. The smallest absolute Gasteiger partial charge is 0.343 e. The van der Waals surface area contributed by atoms with E-state index in [4.69, 9.17) is 14.2 Å². The van der Waals surface area contributed by atoms with Crippen LogP contribution in [0.25, 0.3) is 0 Å². The quantitative estimate of drug-likeness (QED) is 0.161. The van der Waals surface area contributed by atoms with Crippen molar-refractivity contribution in [3.63, 3.8) is 0 Å². The highest BCUT2D eigenvalue weighted by Crippen LogP contribution is 2.20. The first-order valence-corrected chi connectivity index (χ1v) is 10.1. The molecule has 0 aliphatic carbocycles. The zero-order valence-electron chi connectivity index (χ0n) is 17.0. The number of carbonyl (C=O) groups excluding carboxylic acids is 1. The van der Waals surface area contributed by atoms with Crippen LogP contribution in [0.2, 0.25) is 0 Å². The van der Waals surface area contributed by atoms with E-state index in [0.717, 1.165) is 50.0 Å². The third kappa shape index (κ3) is 8.69. The Labute approximate surface area is 173 Å². The van der Waals surface area contributed by atoms with E-state index in [1.54, 1.807) is 48.5 Å². The van der Waals surface area contributed by atoms with Crippen LogP contribution in [0.4, 0.5) is 0 Å². The lowest BCUT2D eigenvalue weighted by Gasteiger charge is -2.09. The van der Waals surface area contributed by atoms with Crippen molar-refractivity contribution in [3.05, 3.63) is 79.4 Å². The van der Waals surface area contributed by atoms with Gasteiger partial charge in [0.1, 0.15) is 17.2 Å². The van der Waals surface area contributed by atoms with Crippen LogP contribution < -0.4 is 14.2 Å². The first-order chi connectivity index (χ1) is 14.2. The van der Waals surface area contributed by atoms with E-state index in [1.807, 2.05) is 12.2 Å². The van der Waals surface area contributed by atoms with Crippen molar-refractivity contribution in [1.29, 1.82) is 0 Å². The summed E-state index contributed by atoms with van der Waals surface area (Å²) in [6.45, 7) is 8.72. The molecule has 4 nitrogen and oxygen atoms in total. The Morgan fingerprint density at radius 3 is 1.62 bits per heavy atom. The van der Waals surface area contributed by atoms with Gasteiger partial charge in [-0.15, -0.1) is 13.2 Å². The summed E-state index contributed by atoms with van der Waals surface area (Å²) in [5, 5.41) is 0. The second kappa shape index (κ2) is 13.2. The molecule has 2 rings (SSSR count). The van der Waals surface area contributed by atoms with Gasteiger partial charge in [-0.1, -0.05) is 12.2 Å². The van der Waals surface area contributed by atoms with E-state index >= 15 is 0 Å². The van der Waals surface area contributed by atoms with Crippen molar-refractivity contribution in [1.82, 2.24) is 0 Å². The van der Waals surface area contributed by atoms with Gasteiger partial charge in [-0.2, -0.15) is 0 Å². The normalized spacial score (nSPS) is 10.2. The number of hydrogen-bond acceptors (Lipinski definition) is 4. The Kier molecular flexibility index (Phi) is 10.2. The van der Waals surface area contributed by atoms with Crippen molar-refractivity contribution in [2.24, 2.45) is 0 Å². The van der Waals surface area contributed by atoms with Crippen LogP contribution >= 0.6 is 0 Å². The topological polar surface area (TPSA) is 44.8 Å². The first kappa shape index (κ1) is 22.3. The fourth-order valence-electron chi connectivity index (χ4n) is 2.62. The lowest BCUT2D eigenvalue weighted by molar-refractivity contribution is 0.0734. The summed E-state index contributed by atoms with van der Waals surface area (Å²) >= 11 is 0. The van der Waals surface area contributed by atoms with Gasteiger partial charge in [0, 0.05) is 0 Å². The van der Waals surface area contributed by atoms with Crippen molar-refractivity contribution < 1.29 is 19.0 Å². The maximum absolute atomic E-state index is 12.3. The van der Waals surface area contributed by atoms with Crippen LogP contribution in [0.5, 0.6) is 17.2 Å². The number of benzene rings is 2. The molecule has 29 heavy (non-hydrogen) atoms. The number of esters is 1. The molecule has 4 heteroatoms. The van der Waals surface area contributed by atoms with Gasteiger partial charge >= 0.3 is 5.97 Å². The van der Waals surface area contributed by atoms with Gasteiger partial charge in [0.2, 0.25) is 0 Å². The maximum atomic E-state index is 12.3. The number of carbonyl (C=O) groups is 1. The van der Waals surface area contributed by atoms with Gasteiger partial charge in [0.05, 0.1) is 18.8 Å². The molecule has 0 amide bonds. The van der Waals surface area contributed by atoms with E-state index in [0.29, 0.717) is 24.5 Å². The standard InChI is InChI=1S/C25H30O4/c1-3-5-7-9-19-27-22-13-11-21(12-14-22)25(26)29-24-17-15-23(16-18-24)28-20-10-8-6-4-2/h3-4,11-18H,1-2,5-10,19-20H2. The average Bonchev–Trinajstić information content (AvgIpc) is 2.75. The van der Waals surface area contributed by atoms with E-state index in [-0.39, 0.29) is 0 Å². The van der Waals surface area contributed by atoms with Gasteiger partial charge in [-0.3, -0.25) is 0 Å². The largest absolute Gasteiger partial charge is 0.494 e. The number of allylic oxidation sites excluding steroid dienone is 2. The minimum Gasteiger partial charge on any atom is -0.494 e. The summed E-state index contributed by atoms with van der Waals surface area (Å²) < 4.78 is 16.8.